The van der Waals surface area contributed by atoms with Crippen molar-refractivity contribution in [2.24, 2.45) is 0 Å². The van der Waals surface area contributed by atoms with Crippen molar-refractivity contribution in [2.45, 2.75) is 33.1 Å². The highest BCUT2D eigenvalue weighted by molar-refractivity contribution is 5.95. The Morgan fingerprint density at radius 1 is 1.17 bits per heavy atom. The van der Waals surface area contributed by atoms with Gasteiger partial charge in [-0.2, -0.15) is 5.10 Å². The average Bonchev–Trinajstić information content (AvgIpc) is 2.93. The van der Waals surface area contributed by atoms with E-state index in [4.69, 9.17) is 0 Å². The van der Waals surface area contributed by atoms with Crippen molar-refractivity contribution in [1.29, 1.82) is 0 Å². The van der Waals surface area contributed by atoms with Crippen LogP contribution in [0.5, 0.6) is 0 Å². The Labute approximate surface area is 150 Å². The lowest BCUT2D eigenvalue weighted by Gasteiger charge is -2.17. The van der Waals surface area contributed by atoms with E-state index in [0.717, 1.165) is 17.9 Å². The molecule has 0 bridgehead atoms. The number of likely N-dealkylation sites (N-methyl/N-ethyl adjacent to an activating group) is 1. The summed E-state index contributed by atoms with van der Waals surface area (Å²) in [7, 11) is 1.86. The highest BCUT2D eigenvalue weighted by Gasteiger charge is 2.26. The number of aryl methyl sites for hydroxylation is 1. The number of carbonyl (C=O) groups excluding carboxylic acids is 1. The first-order chi connectivity index (χ1) is 10.8. The number of carbonyl (C=O) groups is 1. The van der Waals surface area contributed by atoms with Crippen molar-refractivity contribution in [3.05, 3.63) is 47.3 Å². The third-order valence-corrected chi connectivity index (χ3v) is 3.63. The molecule has 24 heavy (non-hydrogen) atoms. The van der Waals surface area contributed by atoms with Crippen LogP contribution in [0.4, 0.5) is 0 Å². The van der Waals surface area contributed by atoms with Crippen LogP contribution in [0.3, 0.4) is 0 Å². The van der Waals surface area contributed by atoms with Gasteiger partial charge < -0.3 is 10.6 Å². The maximum atomic E-state index is 12.5. The van der Waals surface area contributed by atoms with Crippen LogP contribution in [0.1, 0.15) is 42.4 Å². The van der Waals surface area contributed by atoms with Crippen LogP contribution < -0.4 is 10.6 Å². The quantitative estimate of drug-likeness (QED) is 0.815. The van der Waals surface area contributed by atoms with Crippen LogP contribution in [0.15, 0.2) is 30.5 Å². The van der Waals surface area contributed by atoms with Crippen LogP contribution in [-0.4, -0.2) is 35.8 Å². The lowest BCUT2D eigenvalue weighted by atomic mass is 9.89. The van der Waals surface area contributed by atoms with Gasteiger partial charge in [-0.3, -0.25) is 4.79 Å². The molecule has 2 N–H and O–H groups in total. The van der Waals surface area contributed by atoms with Gasteiger partial charge in [0.1, 0.15) is 0 Å². The number of benzene rings is 1. The number of nitrogens with one attached hydrogen (secondary N) is 2. The molecule has 6 heteroatoms. The summed E-state index contributed by atoms with van der Waals surface area (Å²) in [5.41, 5.74) is 3.39. The maximum Gasteiger partial charge on any atom is 0.254 e. The molecule has 0 fully saturated rings. The minimum absolute atomic E-state index is 0. The monoisotopic (exact) mass is 350 g/mol. The molecule has 1 aromatic carbocycles. The first kappa shape index (κ1) is 20.2. The van der Waals surface area contributed by atoms with E-state index in [1.54, 1.807) is 4.68 Å². The van der Waals surface area contributed by atoms with Crippen molar-refractivity contribution < 1.29 is 4.79 Å². The molecule has 0 atom stereocenters. The number of nitrogens with zero attached hydrogens (tertiary/aromatic N) is 2. The molecule has 0 aliphatic carbocycles. The number of aromatic nitrogens is 2. The largest absolute Gasteiger partial charge is 0.351 e. The Morgan fingerprint density at radius 3 is 2.33 bits per heavy atom. The summed E-state index contributed by atoms with van der Waals surface area (Å²) in [4.78, 5) is 12.5. The Hall–Kier alpha value is -1.85. The Balaban J connectivity index is 0.00000288. The van der Waals surface area contributed by atoms with Crippen LogP contribution in [0, 0.1) is 6.92 Å². The summed E-state index contributed by atoms with van der Waals surface area (Å²) in [6.45, 7) is 9.59. The van der Waals surface area contributed by atoms with E-state index in [1.807, 2.05) is 44.4 Å². The molecule has 132 valence electrons. The average molecular weight is 351 g/mol. The van der Waals surface area contributed by atoms with Gasteiger partial charge in [-0.1, -0.05) is 38.5 Å². The van der Waals surface area contributed by atoms with E-state index < -0.39 is 0 Å². The number of hydrogen-bond donors (Lipinski definition) is 2. The standard InChI is InChI=1S/C18H26N4O.ClH/c1-13-6-8-14(9-7-13)22-12-15(16(21-22)18(2,3)4)17(23)20-11-10-19-5;/h6-9,12,19H,10-11H2,1-5H3,(H,20,23);1H. The number of amides is 1. The Bertz CT molecular complexity index is 671. The summed E-state index contributed by atoms with van der Waals surface area (Å²) < 4.78 is 1.78. The second kappa shape index (κ2) is 8.31. The van der Waals surface area contributed by atoms with Crippen LogP contribution in [-0.2, 0) is 5.41 Å². The predicted octanol–water partition coefficient (Wildman–Crippen LogP) is 2.85. The maximum absolute atomic E-state index is 12.5. The van der Waals surface area contributed by atoms with Gasteiger partial charge in [0.05, 0.1) is 16.9 Å². The number of rotatable bonds is 5. The van der Waals surface area contributed by atoms with Gasteiger partial charge in [0, 0.05) is 24.7 Å². The van der Waals surface area contributed by atoms with Crippen molar-refractivity contribution in [1.82, 2.24) is 20.4 Å². The van der Waals surface area contributed by atoms with E-state index in [-0.39, 0.29) is 23.7 Å². The van der Waals surface area contributed by atoms with Gasteiger partial charge in [-0.05, 0) is 26.1 Å². The fraction of sp³-hybridized carbons (Fsp3) is 0.444. The summed E-state index contributed by atoms with van der Waals surface area (Å²) in [5, 5.41) is 10.6. The van der Waals surface area contributed by atoms with Crippen molar-refractivity contribution in [3.8, 4) is 5.69 Å². The molecule has 0 aliphatic rings. The van der Waals surface area contributed by atoms with Gasteiger partial charge in [0.2, 0.25) is 0 Å². The molecule has 0 saturated carbocycles. The lowest BCUT2D eigenvalue weighted by Crippen LogP contribution is -2.31. The molecule has 1 heterocycles. The second-order valence-corrected chi connectivity index (χ2v) is 6.78. The van der Waals surface area contributed by atoms with Gasteiger partial charge in [-0.25, -0.2) is 4.68 Å². The second-order valence-electron chi connectivity index (χ2n) is 6.78. The summed E-state index contributed by atoms with van der Waals surface area (Å²) >= 11 is 0. The third-order valence-electron chi connectivity index (χ3n) is 3.63. The van der Waals surface area contributed by atoms with Crippen LogP contribution >= 0.6 is 12.4 Å². The zero-order valence-electron chi connectivity index (χ0n) is 15.0. The minimum atomic E-state index is -0.203. The molecule has 5 nitrogen and oxygen atoms in total. The van der Waals surface area contributed by atoms with Gasteiger partial charge in [-0.15, -0.1) is 12.4 Å². The van der Waals surface area contributed by atoms with E-state index in [0.29, 0.717) is 12.1 Å². The SMILES string of the molecule is CNCCNC(=O)c1cn(-c2ccc(C)cc2)nc1C(C)(C)C.Cl. The Kier molecular flexibility index (Phi) is 6.99. The first-order valence-electron chi connectivity index (χ1n) is 7.93. The van der Waals surface area contributed by atoms with Crippen LogP contribution in [0.25, 0.3) is 5.69 Å². The molecule has 1 amide bonds. The number of halogens is 1. The van der Waals surface area contributed by atoms with Gasteiger partial charge >= 0.3 is 0 Å². The molecule has 2 rings (SSSR count). The van der Waals surface area contributed by atoms with Gasteiger partial charge in [0.15, 0.2) is 0 Å². The van der Waals surface area contributed by atoms with E-state index >= 15 is 0 Å². The highest BCUT2D eigenvalue weighted by Crippen LogP contribution is 2.25. The molecule has 1 aromatic heterocycles. The van der Waals surface area contributed by atoms with E-state index in [1.165, 1.54) is 5.56 Å². The minimum Gasteiger partial charge on any atom is -0.351 e. The molecule has 0 aliphatic heterocycles. The molecule has 2 aromatic rings. The van der Waals surface area contributed by atoms with E-state index in [2.05, 4.69) is 36.5 Å². The third kappa shape index (κ3) is 4.82. The molecule has 0 saturated heterocycles. The molecule has 0 radical (unpaired) electrons. The normalized spacial score (nSPS) is 11.0. The van der Waals surface area contributed by atoms with Crippen molar-refractivity contribution >= 4 is 18.3 Å². The smallest absolute Gasteiger partial charge is 0.254 e. The fourth-order valence-corrected chi connectivity index (χ4v) is 2.32. The lowest BCUT2D eigenvalue weighted by molar-refractivity contribution is 0.0952. The number of hydrogen-bond acceptors (Lipinski definition) is 3. The Morgan fingerprint density at radius 2 is 1.79 bits per heavy atom. The molecular formula is C18H27ClN4O. The van der Waals surface area contributed by atoms with Crippen molar-refractivity contribution in [2.75, 3.05) is 20.1 Å². The molecule has 0 spiro atoms. The van der Waals surface area contributed by atoms with Crippen LogP contribution in [0.2, 0.25) is 0 Å². The summed E-state index contributed by atoms with van der Waals surface area (Å²) in [6.07, 6.45) is 1.82. The fourth-order valence-electron chi connectivity index (χ4n) is 2.32. The van der Waals surface area contributed by atoms with Crippen molar-refractivity contribution in [3.63, 3.8) is 0 Å². The zero-order chi connectivity index (χ0) is 17.0. The molecule has 0 unspecified atom stereocenters. The highest BCUT2D eigenvalue weighted by atomic mass is 35.5. The molecular weight excluding hydrogens is 324 g/mol. The summed E-state index contributed by atoms with van der Waals surface area (Å²) in [6, 6.07) is 8.11. The zero-order valence-corrected chi connectivity index (χ0v) is 15.8. The van der Waals surface area contributed by atoms with E-state index in [9.17, 15) is 4.79 Å². The summed E-state index contributed by atoms with van der Waals surface area (Å²) in [5.74, 6) is -0.0801. The predicted molar refractivity (Wildman–Crippen MR) is 101 cm³/mol. The topological polar surface area (TPSA) is 58.9 Å². The van der Waals surface area contributed by atoms with Gasteiger partial charge in [0.25, 0.3) is 5.91 Å². The first-order valence-corrected chi connectivity index (χ1v) is 7.93.